The highest BCUT2D eigenvalue weighted by atomic mass is 16.5. The molecule has 0 amide bonds. The van der Waals surface area contributed by atoms with E-state index >= 15 is 0 Å². The lowest BCUT2D eigenvalue weighted by Crippen LogP contribution is -2.42. The number of methoxy groups -OCH3 is 1. The van der Waals surface area contributed by atoms with Crippen LogP contribution in [0.5, 0.6) is 0 Å². The number of likely N-dealkylation sites (tertiary alicyclic amines) is 1. The molecular formula is C12H23NO3. The molecule has 0 atom stereocenters. The Labute approximate surface area is 97.6 Å². The second-order valence-electron chi connectivity index (χ2n) is 4.68. The van der Waals surface area contributed by atoms with Crippen molar-refractivity contribution in [1.29, 1.82) is 0 Å². The molecule has 0 saturated carbocycles. The summed E-state index contributed by atoms with van der Waals surface area (Å²) < 4.78 is 4.62. The van der Waals surface area contributed by atoms with Gasteiger partial charge >= 0.3 is 5.97 Å². The van der Waals surface area contributed by atoms with Crippen LogP contribution in [0.3, 0.4) is 0 Å². The van der Waals surface area contributed by atoms with Gasteiger partial charge in [0.2, 0.25) is 0 Å². The zero-order chi connectivity index (χ0) is 12.0. The van der Waals surface area contributed by atoms with E-state index < -0.39 is 0 Å². The lowest BCUT2D eigenvalue weighted by Gasteiger charge is -2.40. The van der Waals surface area contributed by atoms with Crippen molar-refractivity contribution in [2.24, 2.45) is 5.41 Å². The minimum Gasteiger partial charge on any atom is -0.469 e. The van der Waals surface area contributed by atoms with Crippen molar-refractivity contribution >= 4 is 5.97 Å². The van der Waals surface area contributed by atoms with Crippen LogP contribution in [0, 0.1) is 5.41 Å². The van der Waals surface area contributed by atoms with Crippen LogP contribution in [-0.4, -0.2) is 49.3 Å². The van der Waals surface area contributed by atoms with E-state index in [1.807, 2.05) is 0 Å². The highest BCUT2D eigenvalue weighted by Gasteiger charge is 2.32. The van der Waals surface area contributed by atoms with Crippen molar-refractivity contribution in [3.63, 3.8) is 0 Å². The summed E-state index contributed by atoms with van der Waals surface area (Å²) in [6.45, 7) is 5.16. The summed E-state index contributed by atoms with van der Waals surface area (Å²) in [6.07, 6.45) is 3.56. The third-order valence-electron chi connectivity index (χ3n) is 3.86. The average Bonchev–Trinajstić information content (AvgIpc) is 2.36. The molecule has 0 aromatic carbocycles. The van der Waals surface area contributed by atoms with Crippen LogP contribution in [-0.2, 0) is 9.53 Å². The van der Waals surface area contributed by atoms with Crippen molar-refractivity contribution in [1.82, 2.24) is 4.90 Å². The minimum atomic E-state index is -0.144. The third-order valence-corrected chi connectivity index (χ3v) is 3.86. The molecule has 16 heavy (non-hydrogen) atoms. The van der Waals surface area contributed by atoms with Gasteiger partial charge in [-0.1, -0.05) is 6.92 Å². The Morgan fingerprint density at radius 1 is 1.44 bits per heavy atom. The zero-order valence-corrected chi connectivity index (χ0v) is 10.4. The maximum Gasteiger partial charge on any atom is 0.306 e. The molecule has 0 aliphatic carbocycles. The van der Waals surface area contributed by atoms with Crippen LogP contribution in [0.25, 0.3) is 0 Å². The molecule has 0 unspecified atom stereocenters. The van der Waals surface area contributed by atoms with Gasteiger partial charge in [-0.3, -0.25) is 4.79 Å². The predicted octanol–water partition coefficient (Wildman–Crippen LogP) is 1.03. The van der Waals surface area contributed by atoms with Gasteiger partial charge in [0.25, 0.3) is 0 Å². The summed E-state index contributed by atoms with van der Waals surface area (Å²) in [4.78, 5) is 13.3. The number of hydrogen-bond acceptors (Lipinski definition) is 4. The quantitative estimate of drug-likeness (QED) is 0.715. The van der Waals surface area contributed by atoms with E-state index in [1.165, 1.54) is 7.11 Å². The van der Waals surface area contributed by atoms with E-state index in [9.17, 15) is 9.90 Å². The number of hydrogen-bond donors (Lipinski definition) is 1. The van der Waals surface area contributed by atoms with Gasteiger partial charge in [0, 0.05) is 13.2 Å². The van der Waals surface area contributed by atoms with Gasteiger partial charge in [0.15, 0.2) is 0 Å². The molecule has 1 rings (SSSR count). The molecule has 94 valence electrons. The van der Waals surface area contributed by atoms with Crippen LogP contribution in [0.15, 0.2) is 0 Å². The molecule has 1 saturated heterocycles. The Hall–Kier alpha value is -0.610. The molecular weight excluding hydrogens is 206 g/mol. The van der Waals surface area contributed by atoms with Crippen LogP contribution < -0.4 is 0 Å². The van der Waals surface area contributed by atoms with Crippen molar-refractivity contribution in [2.45, 2.75) is 32.6 Å². The average molecular weight is 229 g/mol. The number of aliphatic hydroxyl groups is 1. The molecule has 1 aliphatic rings. The molecule has 1 heterocycles. The molecule has 0 radical (unpaired) electrons. The van der Waals surface area contributed by atoms with Crippen LogP contribution >= 0.6 is 0 Å². The summed E-state index contributed by atoms with van der Waals surface area (Å²) >= 11 is 0. The summed E-state index contributed by atoms with van der Waals surface area (Å²) in [5.41, 5.74) is 0.127. The fourth-order valence-corrected chi connectivity index (χ4v) is 2.23. The zero-order valence-electron chi connectivity index (χ0n) is 10.4. The van der Waals surface area contributed by atoms with Gasteiger partial charge in [-0.15, -0.1) is 0 Å². The minimum absolute atomic E-state index is 0.127. The first-order chi connectivity index (χ1) is 7.65. The first-order valence-electron chi connectivity index (χ1n) is 6.06. The maximum atomic E-state index is 11.0. The Morgan fingerprint density at radius 3 is 2.50 bits per heavy atom. The highest BCUT2D eigenvalue weighted by Crippen LogP contribution is 2.34. The first kappa shape index (κ1) is 13.5. The number of piperidine rings is 1. The maximum absolute atomic E-state index is 11.0. The number of esters is 1. The van der Waals surface area contributed by atoms with E-state index in [0.29, 0.717) is 6.42 Å². The summed E-state index contributed by atoms with van der Waals surface area (Å²) in [5.74, 6) is -0.144. The molecule has 1 aliphatic heterocycles. The van der Waals surface area contributed by atoms with E-state index in [4.69, 9.17) is 0 Å². The number of aliphatic hydroxyl groups excluding tert-OH is 1. The normalized spacial score (nSPS) is 20.7. The Morgan fingerprint density at radius 2 is 2.06 bits per heavy atom. The number of carbonyl (C=O) groups excluding carboxylic acids is 1. The van der Waals surface area contributed by atoms with Crippen molar-refractivity contribution < 1.29 is 14.6 Å². The first-order valence-corrected chi connectivity index (χ1v) is 6.06. The lowest BCUT2D eigenvalue weighted by molar-refractivity contribution is -0.141. The molecule has 0 aromatic heterocycles. The molecule has 0 aromatic rings. The molecule has 1 fully saturated rings. The number of nitrogens with zero attached hydrogens (tertiary/aromatic N) is 1. The standard InChI is InChI=1S/C12H23NO3/c1-3-12(10-14)5-8-13(9-6-12)7-4-11(15)16-2/h14H,3-10H2,1-2H3. The fourth-order valence-electron chi connectivity index (χ4n) is 2.23. The Balaban J connectivity index is 2.29. The van der Waals surface area contributed by atoms with Gasteiger partial charge in [-0.25, -0.2) is 0 Å². The lowest BCUT2D eigenvalue weighted by atomic mass is 9.77. The monoisotopic (exact) mass is 229 g/mol. The molecule has 1 N–H and O–H groups in total. The van der Waals surface area contributed by atoms with Crippen LogP contribution in [0.2, 0.25) is 0 Å². The summed E-state index contributed by atoms with van der Waals surface area (Å²) in [7, 11) is 1.42. The van der Waals surface area contributed by atoms with E-state index in [1.54, 1.807) is 0 Å². The van der Waals surface area contributed by atoms with Gasteiger partial charge in [-0.2, -0.15) is 0 Å². The number of ether oxygens (including phenoxy) is 1. The largest absolute Gasteiger partial charge is 0.469 e. The number of rotatable bonds is 5. The highest BCUT2D eigenvalue weighted by molar-refractivity contribution is 5.69. The molecule has 4 nitrogen and oxygen atoms in total. The molecule has 4 heteroatoms. The van der Waals surface area contributed by atoms with Crippen molar-refractivity contribution in [3.8, 4) is 0 Å². The smallest absolute Gasteiger partial charge is 0.306 e. The van der Waals surface area contributed by atoms with E-state index in [2.05, 4.69) is 16.6 Å². The van der Waals surface area contributed by atoms with Crippen LogP contribution in [0.1, 0.15) is 32.6 Å². The van der Waals surface area contributed by atoms with Gasteiger partial charge < -0.3 is 14.7 Å². The molecule has 0 spiro atoms. The van der Waals surface area contributed by atoms with Gasteiger partial charge in [0.1, 0.15) is 0 Å². The SMILES string of the molecule is CCC1(CO)CCN(CCC(=O)OC)CC1. The topological polar surface area (TPSA) is 49.8 Å². The predicted molar refractivity (Wildman–Crippen MR) is 62.1 cm³/mol. The summed E-state index contributed by atoms with van der Waals surface area (Å²) in [6, 6.07) is 0. The van der Waals surface area contributed by atoms with Gasteiger partial charge in [-0.05, 0) is 37.8 Å². The van der Waals surface area contributed by atoms with Crippen molar-refractivity contribution in [3.05, 3.63) is 0 Å². The van der Waals surface area contributed by atoms with Gasteiger partial charge in [0.05, 0.1) is 13.5 Å². The van der Waals surface area contributed by atoms with E-state index in [-0.39, 0.29) is 18.0 Å². The second kappa shape index (κ2) is 6.21. The third kappa shape index (κ3) is 3.46. The fraction of sp³-hybridized carbons (Fsp3) is 0.917. The number of carbonyl (C=O) groups is 1. The van der Waals surface area contributed by atoms with Crippen LogP contribution in [0.4, 0.5) is 0 Å². The Kier molecular flexibility index (Phi) is 5.22. The summed E-state index contributed by atoms with van der Waals surface area (Å²) in [5, 5.41) is 9.39. The Bertz CT molecular complexity index is 216. The molecule has 0 bridgehead atoms. The van der Waals surface area contributed by atoms with E-state index in [0.717, 1.165) is 38.9 Å². The van der Waals surface area contributed by atoms with Crippen molar-refractivity contribution in [2.75, 3.05) is 33.4 Å². The second-order valence-corrected chi connectivity index (χ2v) is 4.68.